The Balaban J connectivity index is 1.69. The van der Waals surface area contributed by atoms with Crippen molar-refractivity contribution in [3.8, 4) is 17.3 Å². The molecule has 3 rings (SSSR count). The number of unbranched alkanes of at least 4 members (excludes halogenated alkanes) is 1. The van der Waals surface area contributed by atoms with Crippen LogP contribution in [0, 0.1) is 6.92 Å². The number of aromatic nitrogens is 4. The van der Waals surface area contributed by atoms with E-state index in [2.05, 4.69) is 27.5 Å². The van der Waals surface area contributed by atoms with Crippen molar-refractivity contribution in [3.63, 3.8) is 0 Å². The van der Waals surface area contributed by atoms with Gasteiger partial charge in [-0.05, 0) is 37.6 Å². The van der Waals surface area contributed by atoms with Crippen LogP contribution in [0.2, 0.25) is 0 Å². The fourth-order valence-electron chi connectivity index (χ4n) is 2.42. The standard InChI is InChI=1S/C18H21N5O3/c1-4-5-9-25-14-8-6-7-13(11-14)16(24)19-18-21-20-17(26-18)15-10-12(2)22-23(15)3/h6-8,10-11H,4-5,9H2,1-3H3,(H,19,21,24). The Kier molecular flexibility index (Phi) is 5.31. The van der Waals surface area contributed by atoms with Crippen molar-refractivity contribution in [2.75, 3.05) is 11.9 Å². The predicted octanol–water partition coefficient (Wildman–Crippen LogP) is 3.21. The van der Waals surface area contributed by atoms with Crippen LogP contribution in [0.5, 0.6) is 5.75 Å². The Morgan fingerprint density at radius 2 is 2.15 bits per heavy atom. The molecule has 0 saturated carbocycles. The molecule has 8 heteroatoms. The van der Waals surface area contributed by atoms with E-state index in [1.807, 2.05) is 19.1 Å². The van der Waals surface area contributed by atoms with E-state index in [1.165, 1.54) is 0 Å². The fraction of sp³-hybridized carbons (Fsp3) is 0.333. The van der Waals surface area contributed by atoms with E-state index >= 15 is 0 Å². The van der Waals surface area contributed by atoms with Crippen LogP contribution >= 0.6 is 0 Å². The number of aryl methyl sites for hydroxylation is 2. The Morgan fingerprint density at radius 3 is 2.88 bits per heavy atom. The molecule has 1 N–H and O–H groups in total. The Hall–Kier alpha value is -3.16. The van der Waals surface area contributed by atoms with Gasteiger partial charge in [0.05, 0.1) is 12.3 Å². The van der Waals surface area contributed by atoms with E-state index in [-0.39, 0.29) is 11.9 Å². The minimum Gasteiger partial charge on any atom is -0.494 e. The highest BCUT2D eigenvalue weighted by Crippen LogP contribution is 2.21. The molecule has 0 saturated heterocycles. The van der Waals surface area contributed by atoms with E-state index in [4.69, 9.17) is 9.15 Å². The zero-order valence-corrected chi connectivity index (χ0v) is 15.0. The van der Waals surface area contributed by atoms with Gasteiger partial charge in [-0.1, -0.05) is 24.5 Å². The topological polar surface area (TPSA) is 95.1 Å². The van der Waals surface area contributed by atoms with Gasteiger partial charge >= 0.3 is 6.01 Å². The Morgan fingerprint density at radius 1 is 1.31 bits per heavy atom. The highest BCUT2D eigenvalue weighted by atomic mass is 16.5. The summed E-state index contributed by atoms with van der Waals surface area (Å²) in [6.45, 7) is 4.59. The third-order valence-corrected chi connectivity index (χ3v) is 3.73. The molecular weight excluding hydrogens is 334 g/mol. The normalized spacial score (nSPS) is 10.7. The maximum Gasteiger partial charge on any atom is 0.322 e. The second-order valence-electron chi connectivity index (χ2n) is 5.89. The lowest BCUT2D eigenvalue weighted by Crippen LogP contribution is -2.12. The Bertz CT molecular complexity index is 900. The summed E-state index contributed by atoms with van der Waals surface area (Å²) in [5.41, 5.74) is 1.98. The molecule has 136 valence electrons. The molecule has 0 spiro atoms. The van der Waals surface area contributed by atoms with E-state index in [0.717, 1.165) is 18.5 Å². The van der Waals surface area contributed by atoms with Crippen LogP contribution in [0.15, 0.2) is 34.7 Å². The summed E-state index contributed by atoms with van der Waals surface area (Å²) in [6, 6.07) is 8.84. The number of carbonyl (C=O) groups is 1. The van der Waals surface area contributed by atoms with Gasteiger partial charge in [0.1, 0.15) is 11.4 Å². The summed E-state index contributed by atoms with van der Waals surface area (Å²) in [5.74, 6) is 0.602. The van der Waals surface area contributed by atoms with Crippen molar-refractivity contribution in [3.05, 3.63) is 41.6 Å². The molecule has 2 aromatic heterocycles. The van der Waals surface area contributed by atoms with Crippen LogP contribution in [0.3, 0.4) is 0 Å². The number of benzene rings is 1. The summed E-state index contributed by atoms with van der Waals surface area (Å²) < 4.78 is 12.8. The summed E-state index contributed by atoms with van der Waals surface area (Å²) in [5, 5.41) is 14.7. The smallest absolute Gasteiger partial charge is 0.322 e. The number of anilines is 1. The zero-order valence-electron chi connectivity index (χ0n) is 15.0. The maximum atomic E-state index is 12.4. The SMILES string of the molecule is CCCCOc1cccc(C(=O)Nc2nnc(-c3cc(C)nn3C)o2)c1. The largest absolute Gasteiger partial charge is 0.494 e. The molecule has 0 atom stereocenters. The van der Waals surface area contributed by atoms with Crippen LogP contribution in [-0.4, -0.2) is 32.5 Å². The highest BCUT2D eigenvalue weighted by Gasteiger charge is 2.16. The monoisotopic (exact) mass is 355 g/mol. The number of rotatable bonds is 7. The van der Waals surface area contributed by atoms with Crippen molar-refractivity contribution in [1.82, 2.24) is 20.0 Å². The van der Waals surface area contributed by atoms with Gasteiger partial charge in [0, 0.05) is 12.6 Å². The van der Waals surface area contributed by atoms with Crippen molar-refractivity contribution >= 4 is 11.9 Å². The molecule has 0 radical (unpaired) electrons. The molecular formula is C18H21N5O3. The zero-order chi connectivity index (χ0) is 18.5. The first-order valence-electron chi connectivity index (χ1n) is 8.45. The van der Waals surface area contributed by atoms with E-state index in [9.17, 15) is 4.79 Å². The number of amides is 1. The number of hydrogen-bond donors (Lipinski definition) is 1. The summed E-state index contributed by atoms with van der Waals surface area (Å²) >= 11 is 0. The number of ether oxygens (including phenoxy) is 1. The van der Waals surface area contributed by atoms with Crippen LogP contribution in [0.25, 0.3) is 11.6 Å². The molecule has 0 aliphatic carbocycles. The van der Waals surface area contributed by atoms with Gasteiger partial charge in [0.2, 0.25) is 0 Å². The first-order chi connectivity index (χ1) is 12.6. The molecule has 0 aliphatic heterocycles. The highest BCUT2D eigenvalue weighted by molar-refractivity contribution is 6.03. The summed E-state index contributed by atoms with van der Waals surface area (Å²) in [7, 11) is 1.79. The van der Waals surface area contributed by atoms with Gasteiger partial charge in [-0.2, -0.15) is 5.10 Å². The van der Waals surface area contributed by atoms with Crippen LogP contribution in [0.1, 0.15) is 35.8 Å². The van der Waals surface area contributed by atoms with Gasteiger partial charge in [-0.25, -0.2) is 0 Å². The molecule has 2 heterocycles. The lowest BCUT2D eigenvalue weighted by atomic mass is 10.2. The average Bonchev–Trinajstić information content (AvgIpc) is 3.21. The third-order valence-electron chi connectivity index (χ3n) is 3.73. The minimum atomic E-state index is -0.345. The molecule has 0 fully saturated rings. The number of hydrogen-bond acceptors (Lipinski definition) is 6. The minimum absolute atomic E-state index is 0.0288. The second-order valence-corrected chi connectivity index (χ2v) is 5.89. The summed E-state index contributed by atoms with van der Waals surface area (Å²) in [6.07, 6.45) is 2.02. The van der Waals surface area contributed by atoms with Crippen molar-refractivity contribution in [1.29, 1.82) is 0 Å². The average molecular weight is 355 g/mol. The molecule has 1 amide bonds. The van der Waals surface area contributed by atoms with Crippen LogP contribution in [-0.2, 0) is 7.05 Å². The first kappa shape index (κ1) is 17.7. The predicted molar refractivity (Wildman–Crippen MR) is 96.0 cm³/mol. The lowest BCUT2D eigenvalue weighted by molar-refractivity contribution is 0.102. The fourth-order valence-corrected chi connectivity index (χ4v) is 2.42. The molecule has 3 aromatic rings. The van der Waals surface area contributed by atoms with Crippen LogP contribution in [0.4, 0.5) is 6.01 Å². The second kappa shape index (κ2) is 7.81. The van der Waals surface area contributed by atoms with Gasteiger partial charge < -0.3 is 9.15 Å². The quantitative estimate of drug-likeness (QED) is 0.654. The maximum absolute atomic E-state index is 12.4. The van der Waals surface area contributed by atoms with E-state index in [0.29, 0.717) is 29.5 Å². The first-order valence-corrected chi connectivity index (χ1v) is 8.45. The third kappa shape index (κ3) is 4.08. The van der Waals surface area contributed by atoms with Crippen molar-refractivity contribution in [2.24, 2.45) is 7.05 Å². The molecule has 1 aromatic carbocycles. The molecule has 0 bridgehead atoms. The lowest BCUT2D eigenvalue weighted by Gasteiger charge is -2.07. The number of nitrogens with zero attached hydrogens (tertiary/aromatic N) is 4. The van der Waals surface area contributed by atoms with Crippen LogP contribution < -0.4 is 10.1 Å². The number of nitrogens with one attached hydrogen (secondary N) is 1. The van der Waals surface area contributed by atoms with E-state index in [1.54, 1.807) is 29.9 Å². The van der Waals surface area contributed by atoms with Gasteiger partial charge in [0.25, 0.3) is 11.8 Å². The van der Waals surface area contributed by atoms with Crippen molar-refractivity contribution < 1.29 is 13.9 Å². The molecule has 0 unspecified atom stereocenters. The molecule has 0 aliphatic rings. The Labute approximate surface area is 151 Å². The summed E-state index contributed by atoms with van der Waals surface area (Å²) in [4.78, 5) is 12.4. The molecule has 8 nitrogen and oxygen atoms in total. The van der Waals surface area contributed by atoms with Gasteiger partial charge in [-0.15, -0.1) is 5.10 Å². The number of carbonyl (C=O) groups excluding carboxylic acids is 1. The van der Waals surface area contributed by atoms with Crippen molar-refractivity contribution in [2.45, 2.75) is 26.7 Å². The molecule has 26 heavy (non-hydrogen) atoms. The van der Waals surface area contributed by atoms with E-state index < -0.39 is 0 Å². The van der Waals surface area contributed by atoms with Gasteiger partial charge in [0.15, 0.2) is 0 Å². The van der Waals surface area contributed by atoms with Gasteiger partial charge in [-0.3, -0.25) is 14.8 Å².